The quantitative estimate of drug-likeness (QED) is 0.786. The van der Waals surface area contributed by atoms with E-state index in [0.717, 1.165) is 25.0 Å². The van der Waals surface area contributed by atoms with Gasteiger partial charge in [-0.25, -0.2) is 0 Å². The average Bonchev–Trinajstić information content (AvgIpc) is 2.65. The van der Waals surface area contributed by atoms with Crippen molar-refractivity contribution in [2.45, 2.75) is 39.3 Å². The summed E-state index contributed by atoms with van der Waals surface area (Å²) in [7, 11) is 0. The van der Waals surface area contributed by atoms with Crippen LogP contribution in [0.2, 0.25) is 0 Å². The van der Waals surface area contributed by atoms with Crippen molar-refractivity contribution in [3.05, 3.63) is 0 Å². The van der Waals surface area contributed by atoms with Gasteiger partial charge in [0.1, 0.15) is 0 Å². The predicted molar refractivity (Wildman–Crippen MR) is 66.6 cm³/mol. The fourth-order valence-corrected chi connectivity index (χ4v) is 2.80. The summed E-state index contributed by atoms with van der Waals surface area (Å²) in [6, 6.07) is 0.673. The second-order valence-electron chi connectivity index (χ2n) is 5.69. The molecule has 2 aliphatic rings. The molecule has 3 heteroatoms. The van der Waals surface area contributed by atoms with Gasteiger partial charge in [0.2, 0.25) is 0 Å². The Labute approximate surface area is 99.5 Å². The van der Waals surface area contributed by atoms with Gasteiger partial charge in [0.05, 0.1) is 6.10 Å². The standard InChI is InChI=1S/C13H26N2O/c1-10(2)13-9-15(6-5-14-13)8-12-4-7-16-11(12)3/h10-14H,4-9H2,1-3H3. The van der Waals surface area contributed by atoms with Crippen molar-refractivity contribution in [2.24, 2.45) is 11.8 Å². The molecule has 94 valence electrons. The lowest BCUT2D eigenvalue weighted by Crippen LogP contribution is -2.54. The van der Waals surface area contributed by atoms with E-state index in [9.17, 15) is 0 Å². The Kier molecular flexibility index (Phi) is 4.22. The fourth-order valence-electron chi connectivity index (χ4n) is 2.80. The minimum atomic E-state index is 0.465. The second kappa shape index (κ2) is 5.48. The first-order valence-electron chi connectivity index (χ1n) is 6.74. The SMILES string of the molecule is CC(C)C1CN(CC2CCOC2C)CCN1. The topological polar surface area (TPSA) is 24.5 Å². The first kappa shape index (κ1) is 12.3. The molecule has 2 rings (SSSR count). The van der Waals surface area contributed by atoms with Crippen LogP contribution in [0.5, 0.6) is 0 Å². The van der Waals surface area contributed by atoms with Crippen molar-refractivity contribution >= 4 is 0 Å². The van der Waals surface area contributed by atoms with Crippen LogP contribution in [-0.4, -0.2) is 49.8 Å². The largest absolute Gasteiger partial charge is 0.378 e. The molecular weight excluding hydrogens is 200 g/mol. The van der Waals surface area contributed by atoms with E-state index in [0.29, 0.717) is 12.1 Å². The molecule has 2 saturated heterocycles. The van der Waals surface area contributed by atoms with Crippen LogP contribution in [0.1, 0.15) is 27.2 Å². The zero-order chi connectivity index (χ0) is 11.5. The van der Waals surface area contributed by atoms with E-state index in [2.05, 4.69) is 31.0 Å². The van der Waals surface area contributed by atoms with Crippen molar-refractivity contribution < 1.29 is 4.74 Å². The molecule has 2 fully saturated rings. The highest BCUT2D eigenvalue weighted by molar-refractivity contribution is 4.84. The van der Waals surface area contributed by atoms with Gasteiger partial charge in [0.15, 0.2) is 0 Å². The first-order chi connectivity index (χ1) is 7.66. The van der Waals surface area contributed by atoms with Gasteiger partial charge in [-0.2, -0.15) is 0 Å². The fraction of sp³-hybridized carbons (Fsp3) is 1.00. The lowest BCUT2D eigenvalue weighted by atomic mass is 9.98. The molecule has 3 nitrogen and oxygen atoms in total. The molecule has 0 amide bonds. The highest BCUT2D eigenvalue weighted by atomic mass is 16.5. The summed E-state index contributed by atoms with van der Waals surface area (Å²) in [6.07, 6.45) is 1.71. The third-order valence-electron chi connectivity index (χ3n) is 4.12. The molecule has 2 aliphatic heterocycles. The monoisotopic (exact) mass is 226 g/mol. The molecule has 0 radical (unpaired) electrons. The van der Waals surface area contributed by atoms with E-state index in [-0.39, 0.29) is 0 Å². The highest BCUT2D eigenvalue weighted by Gasteiger charge is 2.29. The van der Waals surface area contributed by atoms with Gasteiger partial charge in [-0.05, 0) is 25.2 Å². The smallest absolute Gasteiger partial charge is 0.0588 e. The lowest BCUT2D eigenvalue weighted by Gasteiger charge is -2.37. The molecule has 0 saturated carbocycles. The zero-order valence-electron chi connectivity index (χ0n) is 10.9. The van der Waals surface area contributed by atoms with Crippen molar-refractivity contribution in [1.82, 2.24) is 10.2 Å². The molecule has 3 unspecified atom stereocenters. The van der Waals surface area contributed by atoms with Crippen molar-refractivity contribution in [3.63, 3.8) is 0 Å². The molecule has 0 bridgehead atoms. The molecular formula is C13H26N2O. The molecule has 0 aromatic carbocycles. The first-order valence-corrected chi connectivity index (χ1v) is 6.74. The summed E-state index contributed by atoms with van der Waals surface area (Å²) in [4.78, 5) is 2.62. The minimum absolute atomic E-state index is 0.465. The van der Waals surface area contributed by atoms with Gasteiger partial charge < -0.3 is 15.0 Å². The summed E-state index contributed by atoms with van der Waals surface area (Å²) in [5.41, 5.74) is 0. The number of rotatable bonds is 3. The van der Waals surface area contributed by atoms with Crippen LogP contribution in [-0.2, 0) is 4.74 Å². The Balaban J connectivity index is 1.80. The van der Waals surface area contributed by atoms with Gasteiger partial charge >= 0.3 is 0 Å². The van der Waals surface area contributed by atoms with Gasteiger partial charge in [-0.1, -0.05) is 13.8 Å². The van der Waals surface area contributed by atoms with E-state index in [4.69, 9.17) is 4.74 Å². The van der Waals surface area contributed by atoms with Crippen LogP contribution in [0.3, 0.4) is 0 Å². The maximum absolute atomic E-state index is 5.64. The Hall–Kier alpha value is -0.120. The van der Waals surface area contributed by atoms with Crippen molar-refractivity contribution in [2.75, 3.05) is 32.8 Å². The third-order valence-corrected chi connectivity index (χ3v) is 4.12. The number of hydrogen-bond acceptors (Lipinski definition) is 3. The minimum Gasteiger partial charge on any atom is -0.378 e. The second-order valence-corrected chi connectivity index (χ2v) is 5.69. The molecule has 16 heavy (non-hydrogen) atoms. The Bertz CT molecular complexity index is 220. The molecule has 0 aliphatic carbocycles. The summed E-state index contributed by atoms with van der Waals surface area (Å²) in [5.74, 6) is 1.49. The predicted octanol–water partition coefficient (Wildman–Crippen LogP) is 1.34. The normalized spacial score (nSPS) is 37.1. The van der Waals surface area contributed by atoms with Crippen LogP contribution in [0, 0.1) is 11.8 Å². The summed E-state index contributed by atoms with van der Waals surface area (Å²) in [5, 5.41) is 3.61. The Morgan fingerprint density at radius 3 is 2.88 bits per heavy atom. The molecule has 2 heterocycles. The number of hydrogen-bond donors (Lipinski definition) is 1. The maximum Gasteiger partial charge on any atom is 0.0588 e. The van der Waals surface area contributed by atoms with Crippen LogP contribution in [0.25, 0.3) is 0 Å². The highest BCUT2D eigenvalue weighted by Crippen LogP contribution is 2.22. The van der Waals surface area contributed by atoms with Gasteiger partial charge in [0.25, 0.3) is 0 Å². The van der Waals surface area contributed by atoms with E-state index < -0.39 is 0 Å². The van der Waals surface area contributed by atoms with E-state index in [1.165, 1.54) is 26.1 Å². The molecule has 1 N–H and O–H groups in total. The Morgan fingerprint density at radius 1 is 1.44 bits per heavy atom. The lowest BCUT2D eigenvalue weighted by molar-refractivity contribution is 0.0833. The van der Waals surface area contributed by atoms with Crippen LogP contribution < -0.4 is 5.32 Å². The van der Waals surface area contributed by atoms with Crippen molar-refractivity contribution in [3.8, 4) is 0 Å². The Morgan fingerprint density at radius 2 is 2.25 bits per heavy atom. The maximum atomic E-state index is 5.64. The van der Waals surface area contributed by atoms with E-state index in [1.54, 1.807) is 0 Å². The van der Waals surface area contributed by atoms with Gasteiger partial charge in [-0.3, -0.25) is 0 Å². The summed E-state index contributed by atoms with van der Waals surface area (Å²) >= 11 is 0. The van der Waals surface area contributed by atoms with Gasteiger partial charge in [-0.15, -0.1) is 0 Å². The molecule has 0 aromatic rings. The number of nitrogens with one attached hydrogen (secondary N) is 1. The number of nitrogens with zero attached hydrogens (tertiary/aromatic N) is 1. The molecule has 3 atom stereocenters. The number of ether oxygens (including phenoxy) is 1. The van der Waals surface area contributed by atoms with Crippen LogP contribution in [0.4, 0.5) is 0 Å². The van der Waals surface area contributed by atoms with E-state index >= 15 is 0 Å². The molecule has 0 spiro atoms. The average molecular weight is 226 g/mol. The van der Waals surface area contributed by atoms with Gasteiger partial charge in [0, 0.05) is 38.8 Å². The van der Waals surface area contributed by atoms with Crippen molar-refractivity contribution in [1.29, 1.82) is 0 Å². The van der Waals surface area contributed by atoms with Crippen LogP contribution >= 0.6 is 0 Å². The van der Waals surface area contributed by atoms with Crippen LogP contribution in [0.15, 0.2) is 0 Å². The summed E-state index contributed by atoms with van der Waals surface area (Å²) in [6.45, 7) is 12.6. The zero-order valence-corrected chi connectivity index (χ0v) is 10.9. The summed E-state index contributed by atoms with van der Waals surface area (Å²) < 4.78 is 5.64. The third kappa shape index (κ3) is 2.96. The molecule has 0 aromatic heterocycles. The van der Waals surface area contributed by atoms with E-state index in [1.807, 2.05) is 0 Å². The number of piperazine rings is 1.